The summed E-state index contributed by atoms with van der Waals surface area (Å²) in [5.41, 5.74) is 0. The highest BCUT2D eigenvalue weighted by Gasteiger charge is 2.26. The Kier molecular flexibility index (Phi) is 39.9. The van der Waals surface area contributed by atoms with Crippen molar-refractivity contribution >= 4 is 19.8 Å². The molecule has 0 saturated carbocycles. The summed E-state index contributed by atoms with van der Waals surface area (Å²) in [6, 6.07) is 0. The number of phosphoric ester groups is 1. The maximum absolute atomic E-state index is 12.7. The van der Waals surface area contributed by atoms with Crippen molar-refractivity contribution in [3.05, 3.63) is 158 Å². The molecule has 0 spiro atoms. The molecule has 9 nitrogen and oxygen atoms in total. The summed E-state index contributed by atoms with van der Waals surface area (Å²) in [6.45, 7) is 3.85. The van der Waals surface area contributed by atoms with Gasteiger partial charge in [-0.05, 0) is 84.0 Å². The molecule has 0 radical (unpaired) electrons. The van der Waals surface area contributed by atoms with Crippen LogP contribution in [0.2, 0.25) is 0 Å². The standard InChI is InChI=1S/C53H80NO8P/c1-6-8-10-12-14-16-18-20-22-24-26-28-29-31-33-35-37-39-41-43-45-52(55)59-49-51(50-61-63(57,58)60-48-47-54(3,4)5)62-53(56)46-44-42-40-38-36-34-32-30-27-25-23-21-19-17-15-13-11-9-7-2/h6,8,11-14,17-20,23-26,29-32,35-38,41-44,51H,7,9-10,15-16,21-22,27-28,33-34,39-40,45-50H2,1-5H3/p+1/t51-/m1/s1. The van der Waals surface area contributed by atoms with Crippen LogP contribution < -0.4 is 0 Å². The molecule has 0 aliphatic carbocycles. The predicted octanol–water partition coefficient (Wildman–Crippen LogP) is 13.4. The number of phosphoric acid groups is 1. The van der Waals surface area contributed by atoms with Gasteiger partial charge in [0.1, 0.15) is 19.8 Å². The van der Waals surface area contributed by atoms with Crippen molar-refractivity contribution < 1.29 is 42.1 Å². The first-order chi connectivity index (χ1) is 30.5. The lowest BCUT2D eigenvalue weighted by Gasteiger charge is -2.24. The Morgan fingerprint density at radius 1 is 0.508 bits per heavy atom. The number of carbonyl (C=O) groups excluding carboxylic acids is 2. The predicted molar refractivity (Wildman–Crippen MR) is 265 cm³/mol. The molecule has 1 N–H and O–H groups in total. The molecule has 0 saturated heterocycles. The van der Waals surface area contributed by atoms with Gasteiger partial charge in [-0.25, -0.2) is 4.57 Å². The Morgan fingerprint density at radius 3 is 1.22 bits per heavy atom. The lowest BCUT2D eigenvalue weighted by Crippen LogP contribution is -2.37. The van der Waals surface area contributed by atoms with Crippen LogP contribution in [0, 0.1) is 0 Å². The molecule has 10 heteroatoms. The molecule has 0 aromatic heterocycles. The highest BCUT2D eigenvalue weighted by atomic mass is 31.2. The van der Waals surface area contributed by atoms with Crippen LogP contribution in [0.15, 0.2) is 158 Å². The number of quaternary nitrogens is 1. The Hall–Kier alpha value is -4.37. The molecule has 1 unspecified atom stereocenters. The number of nitrogens with zero attached hydrogens (tertiary/aromatic N) is 1. The minimum absolute atomic E-state index is 0.00961. The third kappa shape index (κ3) is 47.0. The fourth-order valence-electron chi connectivity index (χ4n) is 4.90. The largest absolute Gasteiger partial charge is 0.472 e. The van der Waals surface area contributed by atoms with Crippen LogP contribution in [0.4, 0.5) is 0 Å². The van der Waals surface area contributed by atoms with Crippen molar-refractivity contribution in [1.29, 1.82) is 0 Å². The van der Waals surface area contributed by atoms with Gasteiger partial charge in [-0.3, -0.25) is 18.6 Å². The van der Waals surface area contributed by atoms with E-state index in [0.717, 1.165) is 64.2 Å². The van der Waals surface area contributed by atoms with Crippen LogP contribution in [-0.2, 0) is 32.7 Å². The van der Waals surface area contributed by atoms with Crippen LogP contribution in [0.3, 0.4) is 0 Å². The third-order valence-corrected chi connectivity index (χ3v) is 9.41. The summed E-state index contributed by atoms with van der Waals surface area (Å²) in [4.78, 5) is 35.3. The van der Waals surface area contributed by atoms with E-state index in [1.165, 1.54) is 6.42 Å². The fraction of sp³-hybridized carbons (Fsp3) is 0.472. The van der Waals surface area contributed by atoms with Gasteiger partial charge in [-0.1, -0.05) is 171 Å². The number of esters is 2. The molecule has 0 fully saturated rings. The van der Waals surface area contributed by atoms with Gasteiger partial charge >= 0.3 is 19.8 Å². The second kappa shape index (κ2) is 42.9. The third-order valence-electron chi connectivity index (χ3n) is 8.42. The monoisotopic (exact) mass is 891 g/mol. The summed E-state index contributed by atoms with van der Waals surface area (Å²) in [5, 5.41) is 0. The van der Waals surface area contributed by atoms with Gasteiger partial charge in [0, 0.05) is 0 Å². The second-order valence-electron chi connectivity index (χ2n) is 15.4. The first-order valence-corrected chi connectivity index (χ1v) is 24.2. The number of unbranched alkanes of at least 4 members (excludes halogenated alkanes) is 1. The molecule has 0 amide bonds. The van der Waals surface area contributed by atoms with Gasteiger partial charge in [-0.2, -0.15) is 0 Å². The van der Waals surface area contributed by atoms with Crippen molar-refractivity contribution in [2.45, 2.75) is 116 Å². The van der Waals surface area contributed by atoms with Gasteiger partial charge < -0.3 is 18.9 Å². The zero-order valence-corrected chi connectivity index (χ0v) is 40.1. The van der Waals surface area contributed by atoms with E-state index in [0.29, 0.717) is 23.9 Å². The molecule has 0 aromatic rings. The number of ether oxygens (including phenoxy) is 2. The normalized spacial score (nSPS) is 15.0. The van der Waals surface area contributed by atoms with E-state index in [9.17, 15) is 19.0 Å². The zero-order valence-electron chi connectivity index (χ0n) is 39.2. The van der Waals surface area contributed by atoms with Crippen molar-refractivity contribution in [3.63, 3.8) is 0 Å². The van der Waals surface area contributed by atoms with Gasteiger partial charge in [0.25, 0.3) is 0 Å². The molecule has 0 heterocycles. The van der Waals surface area contributed by atoms with Crippen LogP contribution in [0.1, 0.15) is 110 Å². The lowest BCUT2D eigenvalue weighted by atomic mass is 10.2. The van der Waals surface area contributed by atoms with E-state index in [2.05, 4.69) is 128 Å². The van der Waals surface area contributed by atoms with Crippen LogP contribution in [-0.4, -0.2) is 74.9 Å². The smallest absolute Gasteiger partial charge is 0.461 e. The molecule has 0 aliphatic rings. The average Bonchev–Trinajstić information content (AvgIpc) is 3.24. The molecule has 0 bridgehead atoms. The van der Waals surface area contributed by atoms with Crippen LogP contribution in [0.25, 0.3) is 0 Å². The van der Waals surface area contributed by atoms with Gasteiger partial charge in [0.15, 0.2) is 6.10 Å². The number of hydrogen-bond donors (Lipinski definition) is 1. The molecular formula is C53H81NO8P+. The number of rotatable bonds is 38. The number of hydrogen-bond acceptors (Lipinski definition) is 7. The molecule has 2 atom stereocenters. The van der Waals surface area contributed by atoms with E-state index >= 15 is 0 Å². The van der Waals surface area contributed by atoms with Gasteiger partial charge in [-0.15, -0.1) is 0 Å². The molecular weight excluding hydrogens is 810 g/mol. The van der Waals surface area contributed by atoms with Gasteiger partial charge in [0.05, 0.1) is 40.6 Å². The number of likely N-dealkylation sites (N-methyl/N-ethyl adjacent to an activating group) is 1. The SMILES string of the molecule is CC=CCC=CCC=CCC=CCC=CCC=CCC=CCC(=O)OC[C@H](COP(=O)(O)OCC[N+](C)(C)C)OC(=O)CC=CCC=CCC=CCC=CCC=CCC=CCCC. The molecule has 0 rings (SSSR count). The maximum Gasteiger partial charge on any atom is 0.472 e. The van der Waals surface area contributed by atoms with Crippen molar-refractivity contribution in [2.24, 2.45) is 0 Å². The highest BCUT2D eigenvalue weighted by molar-refractivity contribution is 7.47. The first kappa shape index (κ1) is 58.6. The highest BCUT2D eigenvalue weighted by Crippen LogP contribution is 2.43. The minimum atomic E-state index is -4.44. The Balaban J connectivity index is 4.67. The lowest BCUT2D eigenvalue weighted by molar-refractivity contribution is -0.870. The minimum Gasteiger partial charge on any atom is -0.461 e. The van der Waals surface area contributed by atoms with Gasteiger partial charge in [0.2, 0.25) is 0 Å². The first-order valence-electron chi connectivity index (χ1n) is 22.7. The van der Waals surface area contributed by atoms with E-state index in [-0.39, 0.29) is 26.1 Å². The fourth-order valence-corrected chi connectivity index (χ4v) is 5.65. The summed E-state index contributed by atoms with van der Waals surface area (Å²) in [7, 11) is 1.34. The number of carbonyl (C=O) groups is 2. The average molecular weight is 891 g/mol. The Labute approximate surface area is 382 Å². The Bertz CT molecular complexity index is 1610. The maximum atomic E-state index is 12.7. The molecule has 350 valence electrons. The second-order valence-corrected chi connectivity index (χ2v) is 16.9. The summed E-state index contributed by atoms with van der Waals surface area (Å²) in [6.07, 6.45) is 65.1. The summed E-state index contributed by atoms with van der Waals surface area (Å²) >= 11 is 0. The van der Waals surface area contributed by atoms with Crippen molar-refractivity contribution in [1.82, 2.24) is 0 Å². The quantitative estimate of drug-likeness (QED) is 0.0283. The van der Waals surface area contributed by atoms with Crippen molar-refractivity contribution in [3.8, 4) is 0 Å². The topological polar surface area (TPSA) is 108 Å². The Morgan fingerprint density at radius 2 is 0.857 bits per heavy atom. The van der Waals surface area contributed by atoms with Crippen LogP contribution >= 0.6 is 7.82 Å². The molecule has 0 aromatic carbocycles. The number of allylic oxidation sites excluding steroid dienone is 24. The summed E-state index contributed by atoms with van der Waals surface area (Å²) < 4.78 is 34.0. The van der Waals surface area contributed by atoms with Crippen LogP contribution in [0.5, 0.6) is 0 Å². The van der Waals surface area contributed by atoms with E-state index < -0.39 is 32.5 Å². The van der Waals surface area contributed by atoms with E-state index in [4.69, 9.17) is 18.5 Å². The molecule has 0 aliphatic heterocycles. The van der Waals surface area contributed by atoms with E-state index in [1.807, 2.05) is 52.4 Å². The summed E-state index contributed by atoms with van der Waals surface area (Å²) in [5.74, 6) is -1.12. The molecule has 63 heavy (non-hydrogen) atoms. The zero-order chi connectivity index (χ0) is 46.4. The van der Waals surface area contributed by atoms with E-state index in [1.54, 1.807) is 12.2 Å². The van der Waals surface area contributed by atoms with Crippen molar-refractivity contribution in [2.75, 3.05) is 47.5 Å².